The molecular formula is C12H12F4N6S. The molecule has 1 saturated carbocycles. The largest absolute Gasteiger partial charge is 0.368 e. The molecule has 1 aliphatic carbocycles. The lowest BCUT2D eigenvalue weighted by Gasteiger charge is -2.13. The number of nitrogens with one attached hydrogen (secondary N) is 1. The van der Waals surface area contributed by atoms with Crippen LogP contribution >= 0.6 is 11.3 Å². The molecule has 3 rings (SSSR count). The topological polar surface area (TPSA) is 89.6 Å². The van der Waals surface area contributed by atoms with Gasteiger partial charge in [0.15, 0.2) is 10.8 Å². The number of rotatable bonds is 4. The van der Waals surface area contributed by atoms with Crippen molar-refractivity contribution < 1.29 is 17.6 Å². The SMILES string of the molecule is Nc1nc(NC2CCC(F)(F)C2)nc(-c2nc(C(F)F)cs2)n1. The van der Waals surface area contributed by atoms with Crippen LogP contribution in [0.1, 0.15) is 31.4 Å². The van der Waals surface area contributed by atoms with E-state index in [0.29, 0.717) is 0 Å². The number of thiazole rings is 1. The Balaban J connectivity index is 1.81. The fraction of sp³-hybridized carbons (Fsp3) is 0.500. The second-order valence-electron chi connectivity index (χ2n) is 5.16. The van der Waals surface area contributed by atoms with E-state index < -0.39 is 18.4 Å². The van der Waals surface area contributed by atoms with Crippen molar-refractivity contribution in [3.63, 3.8) is 0 Å². The Labute approximate surface area is 132 Å². The summed E-state index contributed by atoms with van der Waals surface area (Å²) in [6.45, 7) is 0. The average Bonchev–Trinajstić information content (AvgIpc) is 3.05. The number of hydrogen-bond acceptors (Lipinski definition) is 7. The Morgan fingerprint density at radius 3 is 2.65 bits per heavy atom. The minimum Gasteiger partial charge on any atom is -0.368 e. The summed E-state index contributed by atoms with van der Waals surface area (Å²) in [5, 5.41) is 4.14. The normalized spacial score (nSPS) is 20.1. The molecule has 1 aliphatic rings. The molecule has 23 heavy (non-hydrogen) atoms. The summed E-state index contributed by atoms with van der Waals surface area (Å²) in [6, 6.07) is -0.479. The highest BCUT2D eigenvalue weighted by Crippen LogP contribution is 2.36. The summed E-state index contributed by atoms with van der Waals surface area (Å²) in [7, 11) is 0. The van der Waals surface area contributed by atoms with Crippen molar-refractivity contribution in [3.8, 4) is 10.8 Å². The van der Waals surface area contributed by atoms with Crippen molar-refractivity contribution >= 4 is 23.2 Å². The van der Waals surface area contributed by atoms with Crippen LogP contribution < -0.4 is 11.1 Å². The van der Waals surface area contributed by atoms with E-state index in [1.54, 1.807) is 0 Å². The highest BCUT2D eigenvalue weighted by Gasteiger charge is 2.39. The Morgan fingerprint density at radius 1 is 1.26 bits per heavy atom. The van der Waals surface area contributed by atoms with Gasteiger partial charge in [-0.05, 0) is 6.42 Å². The van der Waals surface area contributed by atoms with Crippen LogP contribution in [0.25, 0.3) is 10.8 Å². The molecule has 0 aromatic carbocycles. The van der Waals surface area contributed by atoms with Gasteiger partial charge in [0, 0.05) is 24.3 Å². The van der Waals surface area contributed by atoms with Crippen molar-refractivity contribution in [2.45, 2.75) is 37.7 Å². The van der Waals surface area contributed by atoms with Gasteiger partial charge < -0.3 is 11.1 Å². The molecule has 0 saturated heterocycles. The molecule has 11 heteroatoms. The molecule has 0 amide bonds. The standard InChI is InChI=1S/C12H12F4N6S/c13-7(14)6-4-23-9(19-6)8-20-10(17)22-11(21-8)18-5-1-2-12(15,16)3-5/h4-5,7H,1-3H2,(H3,17,18,20,21,22). The number of halogens is 4. The maximum atomic E-state index is 13.2. The summed E-state index contributed by atoms with van der Waals surface area (Å²) in [5.74, 6) is -2.79. The zero-order valence-electron chi connectivity index (χ0n) is 11.6. The number of nitrogen functional groups attached to an aromatic ring is 1. The highest BCUT2D eigenvalue weighted by atomic mass is 32.1. The number of anilines is 2. The second-order valence-corrected chi connectivity index (χ2v) is 6.02. The van der Waals surface area contributed by atoms with E-state index in [1.165, 1.54) is 5.38 Å². The molecule has 3 N–H and O–H groups in total. The number of aromatic nitrogens is 4. The van der Waals surface area contributed by atoms with Crippen LogP contribution in [0.5, 0.6) is 0 Å². The van der Waals surface area contributed by atoms with Gasteiger partial charge in [-0.2, -0.15) is 15.0 Å². The molecule has 124 valence electrons. The van der Waals surface area contributed by atoms with Gasteiger partial charge in [0.1, 0.15) is 5.69 Å². The molecule has 6 nitrogen and oxygen atoms in total. The second kappa shape index (κ2) is 5.87. The van der Waals surface area contributed by atoms with Crippen LogP contribution in [0, 0.1) is 0 Å². The van der Waals surface area contributed by atoms with Gasteiger partial charge in [0.25, 0.3) is 6.43 Å². The van der Waals surface area contributed by atoms with Crippen LogP contribution in [0.3, 0.4) is 0 Å². The minimum atomic E-state index is -2.71. The molecule has 2 aromatic rings. The van der Waals surface area contributed by atoms with Crippen molar-refractivity contribution in [2.24, 2.45) is 0 Å². The molecular weight excluding hydrogens is 336 g/mol. The monoisotopic (exact) mass is 348 g/mol. The van der Waals surface area contributed by atoms with E-state index in [4.69, 9.17) is 5.73 Å². The van der Waals surface area contributed by atoms with Crippen molar-refractivity contribution in [1.82, 2.24) is 19.9 Å². The Kier molecular flexibility index (Phi) is 4.04. The van der Waals surface area contributed by atoms with Gasteiger partial charge in [-0.25, -0.2) is 22.5 Å². The van der Waals surface area contributed by atoms with E-state index in [9.17, 15) is 17.6 Å². The number of nitrogens with zero attached hydrogens (tertiary/aromatic N) is 4. The average molecular weight is 348 g/mol. The highest BCUT2D eigenvalue weighted by molar-refractivity contribution is 7.13. The fourth-order valence-corrected chi connectivity index (χ4v) is 3.04. The van der Waals surface area contributed by atoms with Crippen LogP contribution in [-0.4, -0.2) is 31.9 Å². The van der Waals surface area contributed by atoms with Crippen molar-refractivity contribution in [3.05, 3.63) is 11.1 Å². The van der Waals surface area contributed by atoms with Gasteiger partial charge in [0.2, 0.25) is 17.8 Å². The van der Waals surface area contributed by atoms with Gasteiger partial charge in [-0.15, -0.1) is 11.3 Å². The first-order valence-electron chi connectivity index (χ1n) is 6.72. The Morgan fingerprint density at radius 2 is 2.04 bits per heavy atom. The van der Waals surface area contributed by atoms with Crippen LogP contribution in [-0.2, 0) is 0 Å². The predicted molar refractivity (Wildman–Crippen MR) is 76.5 cm³/mol. The molecule has 2 aromatic heterocycles. The summed E-state index contributed by atoms with van der Waals surface area (Å²) in [4.78, 5) is 15.5. The van der Waals surface area contributed by atoms with Crippen molar-refractivity contribution in [2.75, 3.05) is 11.1 Å². The van der Waals surface area contributed by atoms with Gasteiger partial charge in [-0.3, -0.25) is 0 Å². The van der Waals surface area contributed by atoms with Gasteiger partial charge >= 0.3 is 0 Å². The lowest BCUT2D eigenvalue weighted by molar-refractivity contribution is 0.00851. The summed E-state index contributed by atoms with van der Waals surface area (Å²) in [6.07, 6.45) is -2.94. The Bertz CT molecular complexity index is 707. The van der Waals surface area contributed by atoms with E-state index in [0.717, 1.165) is 11.3 Å². The van der Waals surface area contributed by atoms with E-state index >= 15 is 0 Å². The lowest BCUT2D eigenvalue weighted by atomic mass is 10.2. The summed E-state index contributed by atoms with van der Waals surface area (Å²) in [5.41, 5.74) is 5.19. The third kappa shape index (κ3) is 3.66. The van der Waals surface area contributed by atoms with Gasteiger partial charge in [-0.1, -0.05) is 0 Å². The molecule has 2 heterocycles. The minimum absolute atomic E-state index is 0.0293. The zero-order valence-corrected chi connectivity index (χ0v) is 12.5. The van der Waals surface area contributed by atoms with Crippen molar-refractivity contribution in [1.29, 1.82) is 0 Å². The molecule has 0 spiro atoms. The molecule has 1 fully saturated rings. The summed E-state index contributed by atoms with van der Waals surface area (Å²) >= 11 is 0.944. The van der Waals surface area contributed by atoms with Crippen LogP contribution in [0.15, 0.2) is 5.38 Å². The first-order valence-corrected chi connectivity index (χ1v) is 7.60. The van der Waals surface area contributed by atoms with E-state index in [-0.39, 0.29) is 47.7 Å². The van der Waals surface area contributed by atoms with E-state index in [1.807, 2.05) is 0 Å². The molecule has 0 aliphatic heterocycles. The van der Waals surface area contributed by atoms with Crippen LogP contribution in [0.4, 0.5) is 29.5 Å². The molecule has 0 bridgehead atoms. The number of alkyl halides is 4. The van der Waals surface area contributed by atoms with Gasteiger partial charge in [0.05, 0.1) is 0 Å². The zero-order chi connectivity index (χ0) is 16.6. The third-order valence-electron chi connectivity index (χ3n) is 3.33. The quantitative estimate of drug-likeness (QED) is 0.825. The molecule has 0 radical (unpaired) electrons. The molecule has 1 unspecified atom stereocenters. The number of hydrogen-bond donors (Lipinski definition) is 2. The van der Waals surface area contributed by atoms with Crippen LogP contribution in [0.2, 0.25) is 0 Å². The first-order chi connectivity index (χ1) is 10.8. The Hall–Kier alpha value is -2.04. The molecule has 1 atom stereocenters. The fourth-order valence-electron chi connectivity index (χ4n) is 2.30. The smallest absolute Gasteiger partial charge is 0.281 e. The van der Waals surface area contributed by atoms with E-state index in [2.05, 4.69) is 25.3 Å². The lowest BCUT2D eigenvalue weighted by Crippen LogP contribution is -2.21. The number of nitrogens with two attached hydrogens (primary N) is 1. The maximum Gasteiger partial charge on any atom is 0.281 e. The maximum absolute atomic E-state index is 13.2. The third-order valence-corrected chi connectivity index (χ3v) is 4.18. The summed E-state index contributed by atoms with van der Waals surface area (Å²) < 4.78 is 51.6. The predicted octanol–water partition coefficient (Wildman–Crippen LogP) is 3.11. The first kappa shape index (κ1) is 15.8.